The van der Waals surface area contributed by atoms with Crippen LogP contribution in [0.5, 0.6) is 5.88 Å². The van der Waals surface area contributed by atoms with Gasteiger partial charge in [0, 0.05) is 0 Å². The zero-order valence-corrected chi connectivity index (χ0v) is 14.2. The van der Waals surface area contributed by atoms with Gasteiger partial charge in [-0.15, -0.1) is 5.10 Å². The summed E-state index contributed by atoms with van der Waals surface area (Å²) < 4.78 is 1.56. The van der Waals surface area contributed by atoms with Crippen LogP contribution in [0.1, 0.15) is 40.7 Å². The van der Waals surface area contributed by atoms with Crippen LogP contribution in [0.25, 0.3) is 4.96 Å². The molecule has 4 rings (SSSR count). The number of likely N-dealkylation sites (tertiary alicyclic amines) is 1. The van der Waals surface area contributed by atoms with Crippen LogP contribution in [0, 0.1) is 13.8 Å². The first-order chi connectivity index (χ1) is 11.1. The summed E-state index contributed by atoms with van der Waals surface area (Å²) >= 11 is 1.54. The van der Waals surface area contributed by atoms with Gasteiger partial charge in [-0.05, 0) is 45.3 Å². The topological polar surface area (TPSA) is 53.7 Å². The lowest BCUT2D eigenvalue weighted by Gasteiger charge is -2.27. The lowest BCUT2D eigenvalue weighted by atomic mass is 10.0. The summed E-state index contributed by atoms with van der Waals surface area (Å²) in [5.74, 6) is 0.912. The first-order valence-electron chi connectivity index (χ1n) is 7.99. The zero-order chi connectivity index (χ0) is 16.0. The molecule has 0 aliphatic carbocycles. The third-order valence-electron chi connectivity index (χ3n) is 4.42. The fraction of sp³-hybridized carbons (Fsp3) is 0.412. The number of fused-ring (bicyclic) bond motifs is 1. The largest absolute Gasteiger partial charge is 0.492 e. The van der Waals surface area contributed by atoms with Crippen molar-refractivity contribution in [3.05, 3.63) is 46.1 Å². The van der Waals surface area contributed by atoms with Crippen LogP contribution in [0.3, 0.4) is 0 Å². The number of hydrogen-bond donors (Lipinski definition) is 1. The molecular formula is C17H20N4OS. The molecule has 1 saturated heterocycles. The Kier molecular flexibility index (Phi) is 3.58. The van der Waals surface area contributed by atoms with E-state index < -0.39 is 0 Å². The number of hydrogen-bond acceptors (Lipinski definition) is 5. The molecule has 0 unspecified atom stereocenters. The maximum Gasteiger partial charge on any atom is 0.230 e. The van der Waals surface area contributed by atoms with Crippen LogP contribution in [0.4, 0.5) is 0 Å². The molecule has 3 aromatic rings. The Hall–Kier alpha value is -1.92. The average molecular weight is 328 g/mol. The van der Waals surface area contributed by atoms with Crippen molar-refractivity contribution in [3.63, 3.8) is 0 Å². The summed E-state index contributed by atoms with van der Waals surface area (Å²) in [7, 11) is 0. The highest BCUT2D eigenvalue weighted by atomic mass is 32.1. The van der Waals surface area contributed by atoms with Crippen LogP contribution in [-0.4, -0.2) is 37.7 Å². The predicted molar refractivity (Wildman–Crippen MR) is 91.1 cm³/mol. The molecule has 5 nitrogen and oxygen atoms in total. The van der Waals surface area contributed by atoms with E-state index in [9.17, 15) is 5.11 Å². The van der Waals surface area contributed by atoms with Crippen molar-refractivity contribution in [3.8, 4) is 5.88 Å². The molecule has 1 aromatic carbocycles. The first kappa shape index (κ1) is 14.7. The summed E-state index contributed by atoms with van der Waals surface area (Å²) in [5, 5.41) is 15.0. The van der Waals surface area contributed by atoms with Crippen LogP contribution in [-0.2, 0) is 0 Å². The van der Waals surface area contributed by atoms with E-state index in [4.69, 9.17) is 0 Å². The lowest BCUT2D eigenvalue weighted by molar-refractivity contribution is 0.277. The first-order valence-corrected chi connectivity index (χ1v) is 8.81. The Balaban J connectivity index is 1.86. The maximum atomic E-state index is 10.7. The molecule has 3 heterocycles. The van der Waals surface area contributed by atoms with Crippen molar-refractivity contribution in [1.82, 2.24) is 19.5 Å². The van der Waals surface area contributed by atoms with E-state index in [1.165, 1.54) is 35.3 Å². The Morgan fingerprint density at radius 3 is 2.70 bits per heavy atom. The smallest absolute Gasteiger partial charge is 0.230 e. The van der Waals surface area contributed by atoms with E-state index >= 15 is 0 Å². The minimum absolute atomic E-state index is 0.0752. The minimum atomic E-state index is 0.0752. The van der Waals surface area contributed by atoms with Gasteiger partial charge in [-0.2, -0.15) is 4.52 Å². The summed E-state index contributed by atoms with van der Waals surface area (Å²) in [5.41, 5.74) is 2.46. The molecule has 1 aliphatic heterocycles. The van der Waals surface area contributed by atoms with Gasteiger partial charge in [0.15, 0.2) is 0 Å². The molecule has 1 aliphatic rings. The molecule has 6 heteroatoms. The van der Waals surface area contributed by atoms with Crippen LogP contribution >= 0.6 is 11.3 Å². The molecule has 1 N–H and O–H groups in total. The van der Waals surface area contributed by atoms with Gasteiger partial charge in [0.1, 0.15) is 5.82 Å². The predicted octanol–water partition coefficient (Wildman–Crippen LogP) is 3.30. The van der Waals surface area contributed by atoms with Gasteiger partial charge in [-0.25, -0.2) is 4.98 Å². The van der Waals surface area contributed by atoms with Gasteiger partial charge in [-0.1, -0.05) is 41.2 Å². The second-order valence-corrected chi connectivity index (χ2v) is 7.21. The molecule has 0 bridgehead atoms. The second-order valence-electron chi connectivity index (χ2n) is 6.20. The van der Waals surface area contributed by atoms with E-state index in [0.29, 0.717) is 5.82 Å². The molecule has 0 amide bonds. The van der Waals surface area contributed by atoms with Crippen molar-refractivity contribution < 1.29 is 5.11 Å². The average Bonchev–Trinajstić information content (AvgIpc) is 3.21. The maximum absolute atomic E-state index is 10.7. The van der Waals surface area contributed by atoms with Crippen molar-refractivity contribution >= 4 is 16.3 Å². The summed E-state index contributed by atoms with van der Waals surface area (Å²) in [4.78, 5) is 8.55. The molecular weight excluding hydrogens is 308 g/mol. The summed E-state index contributed by atoms with van der Waals surface area (Å²) in [6.45, 7) is 6.07. The quantitative estimate of drug-likeness (QED) is 0.801. The highest BCUT2D eigenvalue weighted by molar-refractivity contribution is 7.17. The number of benzene rings is 1. The Labute approximate surface area is 139 Å². The van der Waals surface area contributed by atoms with E-state index in [1.54, 1.807) is 4.52 Å². The van der Waals surface area contributed by atoms with E-state index in [1.807, 2.05) is 6.92 Å². The normalized spacial score (nSPS) is 17.1. The number of aromatic nitrogens is 3. The molecule has 0 radical (unpaired) electrons. The summed E-state index contributed by atoms with van der Waals surface area (Å²) in [6.07, 6.45) is 2.42. The number of nitrogens with zero attached hydrogens (tertiary/aromatic N) is 4. The lowest BCUT2D eigenvalue weighted by Crippen LogP contribution is -2.26. The minimum Gasteiger partial charge on any atom is -0.492 e. The van der Waals surface area contributed by atoms with Crippen LogP contribution in [0.2, 0.25) is 0 Å². The van der Waals surface area contributed by atoms with Gasteiger partial charge in [0.05, 0.1) is 10.9 Å². The molecule has 1 atom stereocenters. The van der Waals surface area contributed by atoms with Gasteiger partial charge in [-0.3, -0.25) is 4.90 Å². The van der Waals surface area contributed by atoms with Crippen LogP contribution in [0.15, 0.2) is 24.3 Å². The Morgan fingerprint density at radius 2 is 2.00 bits per heavy atom. The third-order valence-corrected chi connectivity index (χ3v) is 5.49. The van der Waals surface area contributed by atoms with Crippen molar-refractivity contribution in [2.24, 2.45) is 0 Å². The molecule has 23 heavy (non-hydrogen) atoms. The second kappa shape index (κ2) is 5.62. The number of rotatable bonds is 3. The molecule has 1 fully saturated rings. The SMILES string of the molecule is Cc1cccc([C@H](c2sc3nc(C)nn3c2O)N2CCCC2)c1. The standard InChI is InChI=1S/C17H20N4OS/c1-11-6-5-7-13(10-11)14(20-8-3-4-9-20)15-16(22)21-17(23-15)18-12(2)19-21/h5-7,10,14,22H,3-4,8-9H2,1-2H3/t14-/m1/s1. The Bertz CT molecular complexity index is 848. The molecule has 120 valence electrons. The van der Waals surface area contributed by atoms with Gasteiger partial charge >= 0.3 is 0 Å². The van der Waals surface area contributed by atoms with E-state index in [0.717, 1.165) is 22.9 Å². The fourth-order valence-corrected chi connectivity index (χ4v) is 4.56. The van der Waals surface area contributed by atoms with Gasteiger partial charge in [0.25, 0.3) is 0 Å². The van der Waals surface area contributed by atoms with E-state index in [-0.39, 0.29) is 11.9 Å². The van der Waals surface area contributed by atoms with E-state index in [2.05, 4.69) is 46.2 Å². The number of thiazole rings is 1. The number of aryl methyl sites for hydroxylation is 2. The van der Waals surface area contributed by atoms with Crippen LogP contribution < -0.4 is 0 Å². The summed E-state index contributed by atoms with van der Waals surface area (Å²) in [6, 6.07) is 8.63. The van der Waals surface area contributed by atoms with Crippen molar-refractivity contribution in [1.29, 1.82) is 0 Å². The van der Waals surface area contributed by atoms with Gasteiger partial charge < -0.3 is 5.11 Å². The van der Waals surface area contributed by atoms with Gasteiger partial charge in [0.2, 0.25) is 10.8 Å². The Morgan fingerprint density at radius 1 is 1.22 bits per heavy atom. The molecule has 2 aromatic heterocycles. The highest BCUT2D eigenvalue weighted by Crippen LogP contribution is 2.41. The monoisotopic (exact) mass is 328 g/mol. The van der Waals surface area contributed by atoms with Crippen molar-refractivity contribution in [2.45, 2.75) is 32.7 Å². The van der Waals surface area contributed by atoms with Crippen molar-refractivity contribution in [2.75, 3.05) is 13.1 Å². The number of aromatic hydroxyl groups is 1. The molecule has 0 spiro atoms. The zero-order valence-electron chi connectivity index (χ0n) is 13.4. The highest BCUT2D eigenvalue weighted by Gasteiger charge is 2.30. The third kappa shape index (κ3) is 2.52. The molecule has 0 saturated carbocycles. The fourth-order valence-electron chi connectivity index (χ4n) is 3.39.